The van der Waals surface area contributed by atoms with Crippen LogP contribution in [0.1, 0.15) is 68.7 Å². The topological polar surface area (TPSA) is 80.0 Å². The van der Waals surface area contributed by atoms with Gasteiger partial charge in [0.05, 0.1) is 31.0 Å². The maximum Gasteiger partial charge on any atom is 0.296 e. The Morgan fingerprint density at radius 3 is 2.36 bits per heavy atom. The molecule has 1 unspecified atom stereocenters. The predicted molar refractivity (Wildman–Crippen MR) is 139 cm³/mol. The lowest BCUT2D eigenvalue weighted by molar-refractivity contribution is -0.140. The maximum atomic E-state index is 13.4. The van der Waals surface area contributed by atoms with Crippen LogP contribution in [0.25, 0.3) is 5.76 Å². The molecule has 2 heterocycles. The SMILES string of the molecule is CCOc1ccc(/C(O)=C2/C(=O)C(=O)N(Cc3ccco3)C2c2ccc(CC)cc2)cc1C(C)(C)C. The van der Waals surface area contributed by atoms with Crippen molar-refractivity contribution in [3.63, 3.8) is 0 Å². The van der Waals surface area contributed by atoms with Crippen LogP contribution >= 0.6 is 0 Å². The molecule has 0 spiro atoms. The molecule has 1 aliphatic rings. The number of furan rings is 1. The maximum absolute atomic E-state index is 13.4. The molecule has 1 saturated heterocycles. The van der Waals surface area contributed by atoms with Gasteiger partial charge in [0, 0.05) is 11.1 Å². The first kappa shape index (κ1) is 25.3. The Kier molecular flexibility index (Phi) is 7.07. The smallest absolute Gasteiger partial charge is 0.296 e. The van der Waals surface area contributed by atoms with Crippen LogP contribution in [0.3, 0.4) is 0 Å². The Morgan fingerprint density at radius 1 is 1.06 bits per heavy atom. The summed E-state index contributed by atoms with van der Waals surface area (Å²) in [5.74, 6) is -0.294. The van der Waals surface area contributed by atoms with Crippen molar-refractivity contribution >= 4 is 17.4 Å². The summed E-state index contributed by atoms with van der Waals surface area (Å²) in [4.78, 5) is 28.0. The van der Waals surface area contributed by atoms with Crippen molar-refractivity contribution in [2.75, 3.05) is 6.61 Å². The highest BCUT2D eigenvalue weighted by Crippen LogP contribution is 2.41. The highest BCUT2D eigenvalue weighted by Gasteiger charge is 2.46. The lowest BCUT2D eigenvalue weighted by Crippen LogP contribution is -2.29. The van der Waals surface area contributed by atoms with Crippen LogP contribution in [0.2, 0.25) is 0 Å². The molecule has 6 nitrogen and oxygen atoms in total. The lowest BCUT2D eigenvalue weighted by Gasteiger charge is -2.25. The normalized spacial score (nSPS) is 17.6. The van der Waals surface area contributed by atoms with Crippen molar-refractivity contribution in [3.8, 4) is 5.75 Å². The fraction of sp³-hybridized carbons (Fsp3) is 0.333. The van der Waals surface area contributed by atoms with E-state index in [1.54, 1.807) is 18.2 Å². The van der Waals surface area contributed by atoms with Gasteiger partial charge in [0.1, 0.15) is 17.3 Å². The molecule has 1 aliphatic heterocycles. The second-order valence-corrected chi connectivity index (χ2v) is 10.00. The zero-order chi connectivity index (χ0) is 26.0. The van der Waals surface area contributed by atoms with E-state index in [0.29, 0.717) is 17.9 Å². The van der Waals surface area contributed by atoms with Gasteiger partial charge in [0.2, 0.25) is 0 Å². The van der Waals surface area contributed by atoms with E-state index < -0.39 is 17.7 Å². The summed E-state index contributed by atoms with van der Waals surface area (Å²) in [5, 5.41) is 11.5. The minimum Gasteiger partial charge on any atom is -0.507 e. The molecule has 4 rings (SSSR count). The van der Waals surface area contributed by atoms with Gasteiger partial charge < -0.3 is 19.2 Å². The van der Waals surface area contributed by atoms with Crippen LogP contribution in [0, 0.1) is 0 Å². The quantitative estimate of drug-likeness (QED) is 0.245. The number of hydrogen-bond acceptors (Lipinski definition) is 5. The van der Waals surface area contributed by atoms with E-state index in [9.17, 15) is 14.7 Å². The summed E-state index contributed by atoms with van der Waals surface area (Å²) in [6.45, 7) is 10.8. The van der Waals surface area contributed by atoms with E-state index in [1.807, 2.05) is 43.3 Å². The zero-order valence-electron chi connectivity index (χ0n) is 21.5. The second-order valence-electron chi connectivity index (χ2n) is 10.00. The Morgan fingerprint density at radius 2 is 1.78 bits per heavy atom. The van der Waals surface area contributed by atoms with Gasteiger partial charge in [-0.1, -0.05) is 52.0 Å². The molecule has 6 heteroatoms. The molecule has 2 aromatic carbocycles. The van der Waals surface area contributed by atoms with Gasteiger partial charge in [0.25, 0.3) is 11.7 Å². The van der Waals surface area contributed by atoms with E-state index in [2.05, 4.69) is 27.7 Å². The molecule has 1 amide bonds. The van der Waals surface area contributed by atoms with E-state index in [-0.39, 0.29) is 23.3 Å². The lowest BCUT2D eigenvalue weighted by atomic mass is 9.84. The van der Waals surface area contributed by atoms with Crippen LogP contribution in [-0.4, -0.2) is 28.3 Å². The molecule has 0 saturated carbocycles. The molecule has 0 radical (unpaired) electrons. The largest absolute Gasteiger partial charge is 0.507 e. The van der Waals surface area contributed by atoms with Gasteiger partial charge in [-0.3, -0.25) is 9.59 Å². The van der Waals surface area contributed by atoms with E-state index >= 15 is 0 Å². The molecule has 36 heavy (non-hydrogen) atoms. The molecule has 1 aromatic heterocycles. The number of hydrogen-bond donors (Lipinski definition) is 1. The van der Waals surface area contributed by atoms with E-state index in [0.717, 1.165) is 28.9 Å². The summed E-state index contributed by atoms with van der Waals surface area (Å²) in [7, 11) is 0. The number of carbonyl (C=O) groups excluding carboxylic acids is 2. The number of ether oxygens (including phenoxy) is 1. The van der Waals surface area contributed by atoms with Crippen molar-refractivity contribution in [2.24, 2.45) is 0 Å². The van der Waals surface area contributed by atoms with Gasteiger partial charge in [-0.2, -0.15) is 0 Å². The summed E-state index contributed by atoms with van der Waals surface area (Å²) in [6, 6.07) is 15.9. The first-order valence-electron chi connectivity index (χ1n) is 12.3. The third-order valence-corrected chi connectivity index (χ3v) is 6.51. The highest BCUT2D eigenvalue weighted by atomic mass is 16.5. The van der Waals surface area contributed by atoms with E-state index in [1.165, 1.54) is 11.2 Å². The number of aliphatic hydroxyl groups excluding tert-OH is 1. The van der Waals surface area contributed by atoms with Gasteiger partial charge in [-0.05, 0) is 60.2 Å². The minimum atomic E-state index is -0.745. The summed E-state index contributed by atoms with van der Waals surface area (Å²) < 4.78 is 11.3. The highest BCUT2D eigenvalue weighted by molar-refractivity contribution is 6.46. The molecular weight excluding hydrogens is 454 g/mol. The van der Waals surface area contributed by atoms with Crippen molar-refractivity contribution in [2.45, 2.75) is 59.0 Å². The average molecular weight is 488 g/mol. The van der Waals surface area contributed by atoms with Gasteiger partial charge in [-0.25, -0.2) is 0 Å². The Hall–Kier alpha value is -3.80. The molecule has 1 N–H and O–H groups in total. The van der Waals surface area contributed by atoms with Crippen LogP contribution in [0.15, 0.2) is 70.9 Å². The number of carbonyl (C=O) groups is 2. The number of rotatable bonds is 7. The number of Topliss-reactive ketones (excluding diaryl/α,β-unsaturated/α-hetero) is 1. The Labute approximate surface area is 212 Å². The number of likely N-dealkylation sites (tertiary alicyclic amines) is 1. The van der Waals surface area contributed by atoms with Crippen LogP contribution in [0.5, 0.6) is 5.75 Å². The Bertz CT molecular complexity index is 1280. The monoisotopic (exact) mass is 487 g/mol. The van der Waals surface area contributed by atoms with Crippen molar-refractivity contribution in [1.82, 2.24) is 4.90 Å². The molecular formula is C30H33NO5. The summed E-state index contributed by atoms with van der Waals surface area (Å²) >= 11 is 0. The molecule has 3 aromatic rings. The molecule has 0 aliphatic carbocycles. The third kappa shape index (κ3) is 4.81. The zero-order valence-corrected chi connectivity index (χ0v) is 21.5. The fourth-order valence-electron chi connectivity index (χ4n) is 4.60. The predicted octanol–water partition coefficient (Wildman–Crippen LogP) is 6.16. The fourth-order valence-corrected chi connectivity index (χ4v) is 4.60. The number of aliphatic hydroxyl groups is 1. The summed E-state index contributed by atoms with van der Waals surface area (Å²) in [6.07, 6.45) is 2.40. The van der Waals surface area contributed by atoms with Gasteiger partial charge in [0.15, 0.2) is 0 Å². The van der Waals surface area contributed by atoms with Crippen LogP contribution < -0.4 is 4.74 Å². The molecule has 188 valence electrons. The number of benzene rings is 2. The van der Waals surface area contributed by atoms with Gasteiger partial charge in [-0.15, -0.1) is 0 Å². The first-order chi connectivity index (χ1) is 17.2. The van der Waals surface area contributed by atoms with Crippen molar-refractivity contribution < 1.29 is 23.8 Å². The number of ketones is 1. The first-order valence-corrected chi connectivity index (χ1v) is 12.3. The molecule has 0 bridgehead atoms. The van der Waals surface area contributed by atoms with Crippen molar-refractivity contribution in [1.29, 1.82) is 0 Å². The van der Waals surface area contributed by atoms with Crippen molar-refractivity contribution in [3.05, 3.63) is 94.4 Å². The number of nitrogens with zero attached hydrogens (tertiary/aromatic N) is 1. The van der Waals surface area contributed by atoms with Gasteiger partial charge >= 0.3 is 0 Å². The number of amides is 1. The molecule has 1 fully saturated rings. The molecule has 1 atom stereocenters. The summed E-state index contributed by atoms with van der Waals surface area (Å²) in [5.41, 5.74) is 3.07. The average Bonchev–Trinajstić information content (AvgIpc) is 3.46. The third-order valence-electron chi connectivity index (χ3n) is 6.51. The van der Waals surface area contributed by atoms with Crippen LogP contribution in [0.4, 0.5) is 0 Å². The standard InChI is InChI=1S/C30H33NO5/c1-6-19-10-12-20(13-11-19)26-25(28(33)29(34)31(26)18-22-9-8-16-36-22)27(32)21-14-15-24(35-7-2)23(17-21)30(3,4)5/h8-17,26,32H,6-7,18H2,1-5H3/b27-25-. The minimum absolute atomic E-state index is 0.0693. The van der Waals surface area contributed by atoms with Crippen LogP contribution in [-0.2, 0) is 28.0 Å². The second kappa shape index (κ2) is 10.1. The Balaban J connectivity index is 1.88. The number of aryl methyl sites for hydroxylation is 1. The van der Waals surface area contributed by atoms with E-state index in [4.69, 9.17) is 9.15 Å².